The van der Waals surface area contributed by atoms with Crippen molar-refractivity contribution in [3.8, 4) is 0 Å². The molecular formula is C14H25NO. The van der Waals surface area contributed by atoms with Crippen LogP contribution in [0, 0.1) is 5.92 Å². The average Bonchev–Trinajstić information content (AvgIpc) is 2.85. The summed E-state index contributed by atoms with van der Waals surface area (Å²) in [5, 5.41) is 3.72. The normalized spacial score (nSPS) is 31.8. The van der Waals surface area contributed by atoms with Crippen LogP contribution in [0.25, 0.3) is 0 Å². The predicted molar refractivity (Wildman–Crippen MR) is 67.5 cm³/mol. The minimum absolute atomic E-state index is 0.476. The summed E-state index contributed by atoms with van der Waals surface area (Å²) in [6, 6.07) is 0.577. The maximum absolute atomic E-state index is 5.77. The molecule has 2 heteroatoms. The summed E-state index contributed by atoms with van der Waals surface area (Å²) in [6.07, 6.45) is 12.7. The van der Waals surface area contributed by atoms with Gasteiger partial charge in [0.2, 0.25) is 0 Å². The minimum Gasteiger partial charge on any atom is -0.377 e. The number of nitrogens with one attached hydrogen (secondary N) is 1. The third kappa shape index (κ3) is 3.33. The first kappa shape index (κ1) is 12.1. The molecule has 2 aliphatic rings. The molecule has 16 heavy (non-hydrogen) atoms. The Bertz CT molecular complexity index is 221. The molecule has 1 saturated heterocycles. The first-order valence-corrected chi connectivity index (χ1v) is 6.90. The largest absolute Gasteiger partial charge is 0.377 e. The van der Waals surface area contributed by atoms with Crippen LogP contribution in [-0.4, -0.2) is 25.3 Å². The summed E-state index contributed by atoms with van der Waals surface area (Å²) in [5.41, 5.74) is 0. The maximum Gasteiger partial charge on any atom is 0.0728 e. The second kappa shape index (κ2) is 6.41. The van der Waals surface area contributed by atoms with Crippen LogP contribution < -0.4 is 5.32 Å². The fourth-order valence-electron chi connectivity index (χ4n) is 2.82. The molecule has 1 aliphatic heterocycles. The van der Waals surface area contributed by atoms with Gasteiger partial charge in [-0.2, -0.15) is 0 Å². The Balaban J connectivity index is 1.71. The molecular weight excluding hydrogens is 198 g/mol. The Morgan fingerprint density at radius 2 is 2.31 bits per heavy atom. The molecule has 0 amide bonds. The molecule has 0 aromatic rings. The number of allylic oxidation sites excluding steroid dienone is 2. The van der Waals surface area contributed by atoms with Gasteiger partial charge in [0.15, 0.2) is 0 Å². The van der Waals surface area contributed by atoms with Crippen LogP contribution in [0.15, 0.2) is 12.2 Å². The van der Waals surface area contributed by atoms with Gasteiger partial charge in [0.1, 0.15) is 0 Å². The Morgan fingerprint density at radius 3 is 2.94 bits per heavy atom. The Hall–Kier alpha value is -0.340. The zero-order chi connectivity index (χ0) is 11.2. The lowest BCUT2D eigenvalue weighted by Crippen LogP contribution is -2.41. The van der Waals surface area contributed by atoms with Crippen LogP contribution in [0.1, 0.15) is 45.4 Å². The zero-order valence-electron chi connectivity index (χ0n) is 10.5. The Kier molecular flexibility index (Phi) is 4.86. The van der Waals surface area contributed by atoms with Crippen molar-refractivity contribution in [2.75, 3.05) is 13.2 Å². The van der Waals surface area contributed by atoms with Crippen molar-refractivity contribution < 1.29 is 4.74 Å². The van der Waals surface area contributed by atoms with E-state index in [4.69, 9.17) is 4.74 Å². The summed E-state index contributed by atoms with van der Waals surface area (Å²) in [4.78, 5) is 0. The first-order chi connectivity index (χ1) is 7.90. The van der Waals surface area contributed by atoms with E-state index < -0.39 is 0 Å². The van der Waals surface area contributed by atoms with E-state index in [1.54, 1.807) is 0 Å². The highest BCUT2D eigenvalue weighted by Gasteiger charge is 2.24. The molecule has 0 aromatic heterocycles. The highest BCUT2D eigenvalue weighted by atomic mass is 16.5. The van der Waals surface area contributed by atoms with E-state index in [2.05, 4.69) is 24.4 Å². The lowest BCUT2D eigenvalue weighted by atomic mass is 9.93. The standard InChI is InChI=1S/C14H25NO/c1-2-13(14-9-6-10-16-14)15-11-12-7-4-3-5-8-12/h3-4,12-15H,2,5-11H2,1H3. The van der Waals surface area contributed by atoms with E-state index in [0.717, 1.165) is 12.5 Å². The fraction of sp³-hybridized carbons (Fsp3) is 0.857. The molecule has 1 heterocycles. The molecule has 2 rings (SSSR count). The number of hydrogen-bond donors (Lipinski definition) is 1. The van der Waals surface area contributed by atoms with Gasteiger partial charge in [-0.1, -0.05) is 19.1 Å². The van der Waals surface area contributed by atoms with Gasteiger partial charge in [-0.05, 0) is 51.0 Å². The van der Waals surface area contributed by atoms with Crippen molar-refractivity contribution >= 4 is 0 Å². The van der Waals surface area contributed by atoms with Crippen LogP contribution in [0.5, 0.6) is 0 Å². The van der Waals surface area contributed by atoms with Gasteiger partial charge in [0.05, 0.1) is 6.10 Å². The van der Waals surface area contributed by atoms with Gasteiger partial charge >= 0.3 is 0 Å². The lowest BCUT2D eigenvalue weighted by molar-refractivity contribution is 0.0754. The fourth-order valence-corrected chi connectivity index (χ4v) is 2.82. The quantitative estimate of drug-likeness (QED) is 0.724. The molecule has 1 N–H and O–H groups in total. The highest BCUT2D eigenvalue weighted by molar-refractivity contribution is 4.91. The topological polar surface area (TPSA) is 21.3 Å². The molecule has 0 saturated carbocycles. The molecule has 2 nitrogen and oxygen atoms in total. The second-order valence-corrected chi connectivity index (χ2v) is 5.12. The summed E-state index contributed by atoms with van der Waals surface area (Å²) in [6.45, 7) is 4.40. The average molecular weight is 223 g/mol. The van der Waals surface area contributed by atoms with Crippen molar-refractivity contribution in [1.82, 2.24) is 5.32 Å². The van der Waals surface area contributed by atoms with E-state index in [1.807, 2.05) is 0 Å². The highest BCUT2D eigenvalue weighted by Crippen LogP contribution is 2.20. The first-order valence-electron chi connectivity index (χ1n) is 6.90. The summed E-state index contributed by atoms with van der Waals surface area (Å²) >= 11 is 0. The third-order valence-corrected chi connectivity index (χ3v) is 3.90. The van der Waals surface area contributed by atoms with Crippen LogP contribution in [0.4, 0.5) is 0 Å². The van der Waals surface area contributed by atoms with Crippen LogP contribution in [0.2, 0.25) is 0 Å². The van der Waals surface area contributed by atoms with Gasteiger partial charge in [0, 0.05) is 12.6 Å². The molecule has 0 bridgehead atoms. The van der Waals surface area contributed by atoms with Crippen LogP contribution >= 0.6 is 0 Å². The molecule has 92 valence electrons. The molecule has 0 spiro atoms. The van der Waals surface area contributed by atoms with Crippen molar-refractivity contribution in [3.63, 3.8) is 0 Å². The zero-order valence-corrected chi connectivity index (χ0v) is 10.5. The number of rotatable bonds is 5. The molecule has 3 unspecified atom stereocenters. The third-order valence-electron chi connectivity index (χ3n) is 3.90. The van der Waals surface area contributed by atoms with E-state index >= 15 is 0 Å². The number of ether oxygens (including phenoxy) is 1. The molecule has 1 aliphatic carbocycles. The molecule has 1 fully saturated rings. The van der Waals surface area contributed by atoms with E-state index in [0.29, 0.717) is 12.1 Å². The van der Waals surface area contributed by atoms with Crippen LogP contribution in [0.3, 0.4) is 0 Å². The summed E-state index contributed by atoms with van der Waals surface area (Å²) in [7, 11) is 0. The van der Waals surface area contributed by atoms with Gasteiger partial charge in [-0.15, -0.1) is 0 Å². The van der Waals surface area contributed by atoms with Gasteiger partial charge in [0.25, 0.3) is 0 Å². The van der Waals surface area contributed by atoms with Gasteiger partial charge < -0.3 is 10.1 Å². The molecule has 3 atom stereocenters. The molecule has 0 aromatic carbocycles. The molecule has 0 radical (unpaired) electrons. The van der Waals surface area contributed by atoms with E-state index in [9.17, 15) is 0 Å². The van der Waals surface area contributed by atoms with Crippen molar-refractivity contribution in [3.05, 3.63) is 12.2 Å². The summed E-state index contributed by atoms with van der Waals surface area (Å²) in [5.74, 6) is 0.848. The predicted octanol–water partition coefficient (Wildman–Crippen LogP) is 2.89. The summed E-state index contributed by atoms with van der Waals surface area (Å²) < 4.78 is 5.77. The van der Waals surface area contributed by atoms with E-state index in [1.165, 1.54) is 45.1 Å². The van der Waals surface area contributed by atoms with Crippen molar-refractivity contribution in [2.45, 2.75) is 57.6 Å². The van der Waals surface area contributed by atoms with E-state index in [-0.39, 0.29) is 0 Å². The van der Waals surface area contributed by atoms with Gasteiger partial charge in [-0.3, -0.25) is 0 Å². The second-order valence-electron chi connectivity index (χ2n) is 5.12. The smallest absolute Gasteiger partial charge is 0.0728 e. The van der Waals surface area contributed by atoms with Crippen LogP contribution in [-0.2, 0) is 4.74 Å². The monoisotopic (exact) mass is 223 g/mol. The van der Waals surface area contributed by atoms with Crippen molar-refractivity contribution in [2.24, 2.45) is 5.92 Å². The Morgan fingerprint density at radius 1 is 1.38 bits per heavy atom. The Labute approximate surface area is 99.4 Å². The minimum atomic E-state index is 0.476. The lowest BCUT2D eigenvalue weighted by Gasteiger charge is -2.26. The van der Waals surface area contributed by atoms with Crippen molar-refractivity contribution in [1.29, 1.82) is 0 Å². The van der Waals surface area contributed by atoms with Gasteiger partial charge in [-0.25, -0.2) is 0 Å². The SMILES string of the molecule is CCC(NCC1CC=CCC1)C1CCCO1. The number of hydrogen-bond acceptors (Lipinski definition) is 2. The maximum atomic E-state index is 5.77.